The number of piperidine rings is 1. The van der Waals surface area contributed by atoms with Gasteiger partial charge in [0.15, 0.2) is 0 Å². The van der Waals surface area contributed by atoms with Gasteiger partial charge >= 0.3 is 0 Å². The van der Waals surface area contributed by atoms with Crippen molar-refractivity contribution in [1.29, 1.82) is 0 Å². The van der Waals surface area contributed by atoms with Gasteiger partial charge in [-0.25, -0.2) is 0 Å². The summed E-state index contributed by atoms with van der Waals surface area (Å²) in [5.41, 5.74) is 1.01. The minimum atomic E-state index is -0.531. The lowest BCUT2D eigenvalue weighted by Gasteiger charge is -2.43. The number of nitrogens with zero attached hydrogens (tertiary/aromatic N) is 2. The number of rotatable bonds is 8. The molecule has 0 spiro atoms. The molecule has 7 heteroatoms. The van der Waals surface area contributed by atoms with Gasteiger partial charge < -0.3 is 14.5 Å². The number of benzene rings is 3. The molecule has 0 radical (unpaired) electrons. The van der Waals surface area contributed by atoms with Crippen LogP contribution in [0.3, 0.4) is 0 Å². The van der Waals surface area contributed by atoms with E-state index >= 15 is 0 Å². The third-order valence-corrected chi connectivity index (χ3v) is 7.21. The highest BCUT2D eigenvalue weighted by Gasteiger charge is 2.41. The first kappa shape index (κ1) is 26.1. The summed E-state index contributed by atoms with van der Waals surface area (Å²) >= 11 is 12.3. The van der Waals surface area contributed by atoms with Crippen LogP contribution in [-0.2, 0) is 11.3 Å². The van der Waals surface area contributed by atoms with Crippen molar-refractivity contribution in [1.82, 2.24) is 9.80 Å². The lowest BCUT2D eigenvalue weighted by molar-refractivity contribution is -0.134. The largest absolute Gasteiger partial charge is 0.493 e. The van der Waals surface area contributed by atoms with E-state index in [2.05, 4.69) is 0 Å². The van der Waals surface area contributed by atoms with Crippen molar-refractivity contribution in [2.45, 2.75) is 25.8 Å². The number of amides is 2. The quantitative estimate of drug-likeness (QED) is 0.345. The molecule has 1 aliphatic heterocycles. The van der Waals surface area contributed by atoms with E-state index in [9.17, 15) is 9.59 Å². The summed E-state index contributed by atoms with van der Waals surface area (Å²) in [6.07, 6.45) is 1.82. The Labute approximate surface area is 222 Å². The first-order valence-electron chi connectivity index (χ1n) is 12.1. The number of carbonyl (C=O) groups excluding carboxylic acids is 2. The van der Waals surface area contributed by atoms with Crippen LogP contribution in [0.2, 0.25) is 10.0 Å². The molecule has 1 heterocycles. The normalized spacial score (nSPS) is 17.5. The smallest absolute Gasteiger partial charge is 0.255 e. The van der Waals surface area contributed by atoms with E-state index in [4.69, 9.17) is 27.9 Å². The fourth-order valence-corrected chi connectivity index (χ4v) is 5.01. The predicted molar refractivity (Wildman–Crippen MR) is 144 cm³/mol. The Hall–Kier alpha value is -3.02. The maximum Gasteiger partial charge on any atom is 0.255 e. The molecule has 1 saturated heterocycles. The number of ether oxygens (including phenoxy) is 1. The molecule has 0 bridgehead atoms. The van der Waals surface area contributed by atoms with Crippen molar-refractivity contribution in [3.8, 4) is 5.75 Å². The molecule has 3 aromatic carbocycles. The van der Waals surface area contributed by atoms with Crippen LogP contribution >= 0.6 is 23.2 Å². The number of halogens is 2. The van der Waals surface area contributed by atoms with E-state index in [1.807, 2.05) is 55.6 Å². The molecule has 0 unspecified atom stereocenters. The highest BCUT2D eigenvalue weighted by atomic mass is 35.5. The molecular formula is C29H30Cl2N2O3. The van der Waals surface area contributed by atoms with E-state index in [1.165, 1.54) is 0 Å². The SMILES string of the molecule is CN(Cc1ccccc1)C(=O)C[C@@]1(COc2ccc(Cl)cc2)CCCN(C(=O)c2ccccc2Cl)C1. The highest BCUT2D eigenvalue weighted by Crippen LogP contribution is 2.36. The molecule has 188 valence electrons. The van der Waals surface area contributed by atoms with Crippen molar-refractivity contribution in [3.05, 3.63) is 100 Å². The van der Waals surface area contributed by atoms with Gasteiger partial charge in [0, 0.05) is 43.5 Å². The van der Waals surface area contributed by atoms with E-state index in [0.29, 0.717) is 47.6 Å². The molecule has 3 aromatic rings. The second-order valence-electron chi connectivity index (χ2n) is 9.46. The molecule has 1 atom stereocenters. The van der Waals surface area contributed by atoms with Gasteiger partial charge in [0.1, 0.15) is 5.75 Å². The predicted octanol–water partition coefficient (Wildman–Crippen LogP) is 6.34. The Bertz CT molecular complexity index is 1190. The highest BCUT2D eigenvalue weighted by molar-refractivity contribution is 6.33. The number of hydrogen-bond donors (Lipinski definition) is 0. The lowest BCUT2D eigenvalue weighted by Crippen LogP contribution is -2.50. The third kappa shape index (κ3) is 6.59. The van der Waals surface area contributed by atoms with Crippen molar-refractivity contribution < 1.29 is 14.3 Å². The zero-order valence-corrected chi connectivity index (χ0v) is 21.8. The topological polar surface area (TPSA) is 49.9 Å². The number of carbonyl (C=O) groups is 2. The van der Waals surface area contributed by atoms with Gasteiger partial charge in [-0.15, -0.1) is 0 Å². The van der Waals surface area contributed by atoms with Crippen molar-refractivity contribution in [2.24, 2.45) is 5.41 Å². The molecule has 0 aromatic heterocycles. The van der Waals surface area contributed by atoms with Crippen LogP contribution in [0.15, 0.2) is 78.9 Å². The molecule has 5 nitrogen and oxygen atoms in total. The molecule has 0 aliphatic carbocycles. The fourth-order valence-electron chi connectivity index (χ4n) is 4.67. The first-order chi connectivity index (χ1) is 17.3. The van der Waals surface area contributed by atoms with Gasteiger partial charge in [0.2, 0.25) is 5.91 Å². The van der Waals surface area contributed by atoms with Crippen molar-refractivity contribution in [3.63, 3.8) is 0 Å². The molecule has 1 fully saturated rings. The van der Waals surface area contributed by atoms with E-state index in [-0.39, 0.29) is 18.2 Å². The molecule has 4 rings (SSSR count). The van der Waals surface area contributed by atoms with Crippen LogP contribution in [0.4, 0.5) is 0 Å². The van der Waals surface area contributed by atoms with E-state index in [0.717, 1.165) is 18.4 Å². The summed E-state index contributed by atoms with van der Waals surface area (Å²) < 4.78 is 6.17. The zero-order chi connectivity index (χ0) is 25.5. The van der Waals surface area contributed by atoms with Gasteiger partial charge in [0.05, 0.1) is 17.2 Å². The second kappa shape index (κ2) is 11.8. The monoisotopic (exact) mass is 524 g/mol. The first-order valence-corrected chi connectivity index (χ1v) is 12.8. The summed E-state index contributed by atoms with van der Waals surface area (Å²) in [6, 6.07) is 24.2. The van der Waals surface area contributed by atoms with Crippen LogP contribution in [0.5, 0.6) is 5.75 Å². The fraction of sp³-hybridized carbons (Fsp3) is 0.310. The Balaban J connectivity index is 1.53. The Kier molecular flexibility index (Phi) is 8.55. The van der Waals surface area contributed by atoms with Gasteiger partial charge in [-0.3, -0.25) is 9.59 Å². The summed E-state index contributed by atoms with van der Waals surface area (Å²) in [5.74, 6) is 0.574. The van der Waals surface area contributed by atoms with Crippen molar-refractivity contribution >= 4 is 35.0 Å². The number of hydrogen-bond acceptors (Lipinski definition) is 3. The van der Waals surface area contributed by atoms with Crippen LogP contribution in [-0.4, -0.2) is 48.4 Å². The summed E-state index contributed by atoms with van der Waals surface area (Å²) in [6.45, 7) is 1.86. The van der Waals surface area contributed by atoms with Gasteiger partial charge in [-0.2, -0.15) is 0 Å². The van der Waals surface area contributed by atoms with Crippen LogP contribution < -0.4 is 4.74 Å². The van der Waals surface area contributed by atoms with Crippen LogP contribution in [0.1, 0.15) is 35.2 Å². The minimum absolute atomic E-state index is 0.0191. The van der Waals surface area contributed by atoms with Gasteiger partial charge in [-0.1, -0.05) is 65.7 Å². The number of likely N-dealkylation sites (tertiary alicyclic amines) is 1. The lowest BCUT2D eigenvalue weighted by atomic mass is 9.77. The molecule has 0 saturated carbocycles. The summed E-state index contributed by atoms with van der Waals surface area (Å²) in [5, 5.41) is 1.05. The van der Waals surface area contributed by atoms with Crippen molar-refractivity contribution in [2.75, 3.05) is 26.7 Å². The van der Waals surface area contributed by atoms with Gasteiger partial charge in [0.25, 0.3) is 5.91 Å². The summed E-state index contributed by atoms with van der Waals surface area (Å²) in [7, 11) is 1.82. The van der Waals surface area contributed by atoms with Crippen LogP contribution in [0.25, 0.3) is 0 Å². The van der Waals surface area contributed by atoms with Gasteiger partial charge in [-0.05, 0) is 54.8 Å². The van der Waals surface area contributed by atoms with E-state index < -0.39 is 5.41 Å². The van der Waals surface area contributed by atoms with E-state index in [1.54, 1.807) is 40.1 Å². The maximum absolute atomic E-state index is 13.4. The molecule has 36 heavy (non-hydrogen) atoms. The Morgan fingerprint density at radius 2 is 1.67 bits per heavy atom. The maximum atomic E-state index is 13.4. The Morgan fingerprint density at radius 3 is 2.39 bits per heavy atom. The average molecular weight is 525 g/mol. The van der Waals surface area contributed by atoms with Crippen LogP contribution in [0, 0.1) is 5.41 Å². The molecule has 2 amide bonds. The summed E-state index contributed by atoms with van der Waals surface area (Å²) in [4.78, 5) is 30.3. The zero-order valence-electron chi connectivity index (χ0n) is 20.3. The minimum Gasteiger partial charge on any atom is -0.493 e. The third-order valence-electron chi connectivity index (χ3n) is 6.63. The molecule has 0 N–H and O–H groups in total. The average Bonchev–Trinajstić information content (AvgIpc) is 2.89. The second-order valence-corrected chi connectivity index (χ2v) is 10.3. The Morgan fingerprint density at radius 1 is 0.972 bits per heavy atom. The molecule has 1 aliphatic rings. The standard InChI is InChI=1S/C29H30Cl2N2O3/c1-32(19-22-8-3-2-4-9-22)27(34)18-29(21-36-24-14-12-23(30)13-15-24)16-7-17-33(20-29)28(35)25-10-5-6-11-26(25)31/h2-6,8-15H,7,16-21H2,1H3/t29-/m0/s1. The molecular weight excluding hydrogens is 495 g/mol.